The van der Waals surface area contributed by atoms with E-state index in [1.165, 1.54) is 12.8 Å². The summed E-state index contributed by atoms with van der Waals surface area (Å²) in [5, 5.41) is 9.53. The molecule has 0 unspecified atom stereocenters. The normalized spacial score (nSPS) is 19.9. The van der Waals surface area contributed by atoms with Crippen molar-refractivity contribution >= 4 is 10.0 Å². The molecule has 4 nitrogen and oxygen atoms in total. The predicted molar refractivity (Wildman–Crippen MR) is 103 cm³/mol. The Balaban J connectivity index is 0.00000254. The Labute approximate surface area is 149 Å². The summed E-state index contributed by atoms with van der Waals surface area (Å²) < 4.78 is 27.5. The van der Waals surface area contributed by atoms with Gasteiger partial charge in [0.25, 0.3) is 0 Å². The quantitative estimate of drug-likeness (QED) is 0.569. The monoisotopic (exact) mass is 359 g/mol. The van der Waals surface area contributed by atoms with E-state index >= 15 is 0 Å². The van der Waals surface area contributed by atoms with Gasteiger partial charge in [-0.15, -0.1) is 0 Å². The molecule has 0 spiro atoms. The first kappa shape index (κ1) is 23.4. The Bertz CT molecular complexity index is 483. The molecule has 0 heterocycles. The van der Waals surface area contributed by atoms with Crippen LogP contribution in [0, 0.1) is 11.8 Å². The fourth-order valence-corrected chi connectivity index (χ4v) is 4.04. The Morgan fingerprint density at radius 3 is 2.46 bits per heavy atom. The van der Waals surface area contributed by atoms with Crippen molar-refractivity contribution in [3.63, 3.8) is 0 Å². The molecule has 0 saturated carbocycles. The number of aliphatic hydroxyl groups excluding tert-OH is 1. The van der Waals surface area contributed by atoms with Gasteiger partial charge in [0, 0.05) is 12.6 Å². The minimum atomic E-state index is -3.48. The highest BCUT2D eigenvalue weighted by molar-refractivity contribution is 7.93. The lowest BCUT2D eigenvalue weighted by atomic mass is 9.96. The first-order valence-corrected chi connectivity index (χ1v) is 10.9. The second-order valence-corrected chi connectivity index (χ2v) is 8.09. The molecule has 0 saturated heterocycles. The zero-order valence-electron chi connectivity index (χ0n) is 16.1. The van der Waals surface area contributed by atoms with Crippen LogP contribution in [-0.2, 0) is 10.0 Å². The molecule has 0 radical (unpaired) electrons. The Morgan fingerprint density at radius 2 is 1.96 bits per heavy atom. The lowest BCUT2D eigenvalue weighted by Gasteiger charge is -2.24. The molecule has 2 N–H and O–H groups in total. The molecular weight excluding hydrogens is 322 g/mol. The van der Waals surface area contributed by atoms with Crippen molar-refractivity contribution in [2.45, 2.75) is 79.2 Å². The van der Waals surface area contributed by atoms with Gasteiger partial charge >= 0.3 is 0 Å². The van der Waals surface area contributed by atoms with E-state index in [1.807, 2.05) is 26.8 Å². The van der Waals surface area contributed by atoms with E-state index in [4.69, 9.17) is 0 Å². The van der Waals surface area contributed by atoms with Crippen LogP contribution in [0.3, 0.4) is 0 Å². The summed E-state index contributed by atoms with van der Waals surface area (Å²) in [6.07, 6.45) is 11.5. The van der Waals surface area contributed by atoms with E-state index < -0.39 is 10.0 Å². The van der Waals surface area contributed by atoms with E-state index in [9.17, 15) is 13.5 Å². The van der Waals surface area contributed by atoms with Crippen LogP contribution in [0.2, 0.25) is 0 Å². The molecular formula is C19H37NO3S. The van der Waals surface area contributed by atoms with Gasteiger partial charge in [-0.1, -0.05) is 65.5 Å². The number of unbranched alkanes of at least 4 members (excludes halogenated alkanes) is 3. The fraction of sp³-hybridized carbons (Fsp3) is 0.789. The minimum absolute atomic E-state index is 0.0156. The van der Waals surface area contributed by atoms with Gasteiger partial charge < -0.3 is 5.11 Å². The van der Waals surface area contributed by atoms with Gasteiger partial charge in [0.15, 0.2) is 0 Å². The van der Waals surface area contributed by atoms with Gasteiger partial charge in [-0.05, 0) is 37.7 Å². The first-order chi connectivity index (χ1) is 11.4. The molecule has 0 aromatic heterocycles. The SMILES string of the molecule is CC.CCCCCC[C@H](CO)[C@@H](C)NS(=O)(=O)C1=CC[C@@H](C)C=C1. The van der Waals surface area contributed by atoms with Crippen molar-refractivity contribution in [2.75, 3.05) is 6.61 Å². The van der Waals surface area contributed by atoms with Gasteiger partial charge in [-0.3, -0.25) is 0 Å². The van der Waals surface area contributed by atoms with Crippen LogP contribution >= 0.6 is 0 Å². The second-order valence-electron chi connectivity index (χ2n) is 6.38. The summed E-state index contributed by atoms with van der Waals surface area (Å²) in [5.41, 5.74) is 0. The Hall–Kier alpha value is -0.650. The van der Waals surface area contributed by atoms with Crippen LogP contribution in [-0.4, -0.2) is 26.2 Å². The molecule has 1 aliphatic carbocycles. The van der Waals surface area contributed by atoms with Gasteiger partial charge in [0.1, 0.15) is 0 Å². The summed E-state index contributed by atoms with van der Waals surface area (Å²) in [7, 11) is -3.48. The van der Waals surface area contributed by atoms with Crippen molar-refractivity contribution in [3.05, 3.63) is 23.1 Å². The molecule has 0 aromatic rings. The first-order valence-electron chi connectivity index (χ1n) is 9.42. The zero-order valence-corrected chi connectivity index (χ0v) is 16.9. The maximum Gasteiger partial charge on any atom is 0.240 e. The number of hydrogen-bond donors (Lipinski definition) is 2. The van der Waals surface area contributed by atoms with E-state index in [0.717, 1.165) is 25.7 Å². The molecule has 142 valence electrons. The fourth-order valence-electron chi connectivity index (χ4n) is 2.65. The topological polar surface area (TPSA) is 66.4 Å². The third kappa shape index (κ3) is 8.45. The molecule has 0 bridgehead atoms. The second kappa shape index (κ2) is 12.7. The molecule has 1 aliphatic rings. The number of sulfonamides is 1. The largest absolute Gasteiger partial charge is 0.396 e. The standard InChI is InChI=1S/C17H31NO3S.C2H6/c1-4-5-6-7-8-16(13-19)15(3)18-22(20,21)17-11-9-14(2)10-12-17;1-2/h9,11-12,14-16,18-19H,4-8,10,13H2,1-3H3;1-2H3/t14-,15+,16+;/m0./s1. The molecule has 0 amide bonds. The van der Waals surface area contributed by atoms with Crippen LogP contribution < -0.4 is 4.72 Å². The van der Waals surface area contributed by atoms with Crippen LogP contribution in [0.15, 0.2) is 23.1 Å². The molecule has 3 atom stereocenters. The van der Waals surface area contributed by atoms with E-state index in [2.05, 4.69) is 18.6 Å². The highest BCUT2D eigenvalue weighted by Crippen LogP contribution is 2.21. The van der Waals surface area contributed by atoms with Gasteiger partial charge in [0.2, 0.25) is 10.0 Å². The third-order valence-corrected chi connectivity index (χ3v) is 5.91. The molecule has 0 fully saturated rings. The average Bonchev–Trinajstić information content (AvgIpc) is 2.56. The molecule has 0 aromatic carbocycles. The van der Waals surface area contributed by atoms with Crippen molar-refractivity contribution < 1.29 is 13.5 Å². The summed E-state index contributed by atoms with van der Waals surface area (Å²) in [4.78, 5) is 0.347. The van der Waals surface area contributed by atoms with Crippen molar-refractivity contribution in [1.29, 1.82) is 0 Å². The van der Waals surface area contributed by atoms with Crippen LogP contribution in [0.5, 0.6) is 0 Å². The zero-order chi connectivity index (χ0) is 18.6. The molecule has 5 heteroatoms. The number of hydrogen-bond acceptors (Lipinski definition) is 3. The summed E-state index contributed by atoms with van der Waals surface area (Å²) in [6.45, 7) is 10.1. The number of allylic oxidation sites excluding steroid dienone is 3. The number of aliphatic hydroxyl groups is 1. The molecule has 0 aliphatic heterocycles. The van der Waals surface area contributed by atoms with Gasteiger partial charge in [-0.2, -0.15) is 0 Å². The predicted octanol–water partition coefficient (Wildman–Crippen LogP) is 4.38. The maximum atomic E-state index is 12.4. The highest BCUT2D eigenvalue weighted by atomic mass is 32.2. The Kier molecular flexibility index (Phi) is 12.3. The van der Waals surface area contributed by atoms with E-state index in [1.54, 1.807) is 12.2 Å². The third-order valence-electron chi connectivity index (χ3n) is 4.30. The minimum Gasteiger partial charge on any atom is -0.396 e. The lowest BCUT2D eigenvalue weighted by Crippen LogP contribution is -2.40. The van der Waals surface area contributed by atoms with E-state index in [0.29, 0.717) is 10.8 Å². The molecule has 24 heavy (non-hydrogen) atoms. The van der Waals surface area contributed by atoms with Crippen molar-refractivity contribution in [3.8, 4) is 0 Å². The smallest absolute Gasteiger partial charge is 0.240 e. The van der Waals surface area contributed by atoms with Gasteiger partial charge in [-0.25, -0.2) is 13.1 Å². The molecule has 1 rings (SSSR count). The number of nitrogens with one attached hydrogen (secondary N) is 1. The van der Waals surface area contributed by atoms with Crippen LogP contribution in [0.25, 0.3) is 0 Å². The summed E-state index contributed by atoms with van der Waals surface area (Å²) >= 11 is 0. The van der Waals surface area contributed by atoms with Gasteiger partial charge in [0.05, 0.1) is 4.91 Å². The number of rotatable bonds is 10. The average molecular weight is 360 g/mol. The summed E-state index contributed by atoms with van der Waals surface area (Å²) in [5.74, 6) is 0.360. The maximum absolute atomic E-state index is 12.4. The lowest BCUT2D eigenvalue weighted by molar-refractivity contribution is 0.192. The highest BCUT2D eigenvalue weighted by Gasteiger charge is 2.24. The van der Waals surface area contributed by atoms with E-state index in [-0.39, 0.29) is 18.6 Å². The van der Waals surface area contributed by atoms with Crippen LogP contribution in [0.4, 0.5) is 0 Å². The van der Waals surface area contributed by atoms with Crippen molar-refractivity contribution in [1.82, 2.24) is 4.72 Å². The Morgan fingerprint density at radius 1 is 1.29 bits per heavy atom. The van der Waals surface area contributed by atoms with Crippen LogP contribution in [0.1, 0.15) is 73.1 Å². The van der Waals surface area contributed by atoms with Crippen molar-refractivity contribution in [2.24, 2.45) is 11.8 Å². The summed E-state index contributed by atoms with van der Waals surface area (Å²) in [6, 6.07) is -0.259.